The Labute approximate surface area is 121 Å². The Kier molecular flexibility index (Phi) is 4.11. The molecule has 112 valence electrons. The van der Waals surface area contributed by atoms with E-state index in [0.717, 1.165) is 17.8 Å². The molecule has 2 nitrogen and oxygen atoms in total. The van der Waals surface area contributed by atoms with Gasteiger partial charge in [0.05, 0.1) is 5.56 Å². The summed E-state index contributed by atoms with van der Waals surface area (Å²) in [4.78, 5) is 0. The SMILES string of the molecule is Cc1cc(NC(C)c2cccc(C(F)(F)F)c2)ccc1O. The summed E-state index contributed by atoms with van der Waals surface area (Å²) in [5.74, 6) is 0.187. The molecule has 0 aromatic heterocycles. The fourth-order valence-corrected chi connectivity index (χ4v) is 2.06. The van der Waals surface area contributed by atoms with Crippen LogP contribution in [0.1, 0.15) is 29.7 Å². The van der Waals surface area contributed by atoms with Gasteiger partial charge in [-0.2, -0.15) is 13.2 Å². The second kappa shape index (κ2) is 5.68. The minimum absolute atomic E-state index is 0.187. The number of hydrogen-bond acceptors (Lipinski definition) is 2. The van der Waals surface area contributed by atoms with Crippen molar-refractivity contribution in [3.8, 4) is 5.75 Å². The number of aryl methyl sites for hydroxylation is 1. The van der Waals surface area contributed by atoms with Gasteiger partial charge in [0.1, 0.15) is 5.75 Å². The Morgan fingerprint density at radius 3 is 2.43 bits per heavy atom. The molecule has 0 spiro atoms. The number of nitrogens with one attached hydrogen (secondary N) is 1. The summed E-state index contributed by atoms with van der Waals surface area (Å²) in [6.07, 6.45) is -4.34. The van der Waals surface area contributed by atoms with Gasteiger partial charge < -0.3 is 10.4 Å². The van der Waals surface area contributed by atoms with E-state index in [1.54, 1.807) is 38.1 Å². The largest absolute Gasteiger partial charge is 0.508 e. The second-order valence-corrected chi connectivity index (χ2v) is 4.99. The third-order valence-corrected chi connectivity index (χ3v) is 3.29. The second-order valence-electron chi connectivity index (χ2n) is 4.99. The molecule has 21 heavy (non-hydrogen) atoms. The Morgan fingerprint density at radius 2 is 1.81 bits per heavy atom. The number of phenolic OH excluding ortho intramolecular Hbond substituents is 1. The van der Waals surface area contributed by atoms with E-state index >= 15 is 0 Å². The van der Waals surface area contributed by atoms with E-state index in [0.29, 0.717) is 11.1 Å². The molecule has 0 fully saturated rings. The van der Waals surface area contributed by atoms with E-state index in [2.05, 4.69) is 5.32 Å². The number of anilines is 1. The topological polar surface area (TPSA) is 32.3 Å². The van der Waals surface area contributed by atoms with Crippen LogP contribution in [0.2, 0.25) is 0 Å². The number of aromatic hydroxyl groups is 1. The van der Waals surface area contributed by atoms with Gasteiger partial charge in [-0.05, 0) is 55.3 Å². The molecular formula is C16H16F3NO. The molecule has 5 heteroatoms. The lowest BCUT2D eigenvalue weighted by Gasteiger charge is -2.18. The third-order valence-electron chi connectivity index (χ3n) is 3.29. The molecular weight excluding hydrogens is 279 g/mol. The van der Waals surface area contributed by atoms with Crippen molar-refractivity contribution in [2.45, 2.75) is 26.1 Å². The normalized spacial score (nSPS) is 13.0. The fraction of sp³-hybridized carbons (Fsp3) is 0.250. The highest BCUT2D eigenvalue weighted by Gasteiger charge is 2.30. The summed E-state index contributed by atoms with van der Waals surface area (Å²) in [5.41, 5.74) is 1.34. The average Bonchev–Trinajstić information content (AvgIpc) is 2.42. The van der Waals surface area contributed by atoms with Gasteiger partial charge >= 0.3 is 6.18 Å². The minimum atomic E-state index is -4.34. The summed E-state index contributed by atoms with van der Waals surface area (Å²) in [6, 6.07) is 9.96. The van der Waals surface area contributed by atoms with Gasteiger partial charge in [0.25, 0.3) is 0 Å². The van der Waals surface area contributed by atoms with Crippen molar-refractivity contribution in [2.75, 3.05) is 5.32 Å². The van der Waals surface area contributed by atoms with Gasteiger partial charge in [0, 0.05) is 11.7 Å². The molecule has 0 saturated heterocycles. The zero-order chi connectivity index (χ0) is 15.6. The third kappa shape index (κ3) is 3.68. The van der Waals surface area contributed by atoms with Crippen molar-refractivity contribution in [1.82, 2.24) is 0 Å². The number of alkyl halides is 3. The first-order valence-corrected chi connectivity index (χ1v) is 6.50. The highest BCUT2D eigenvalue weighted by atomic mass is 19.4. The first-order valence-electron chi connectivity index (χ1n) is 6.50. The maximum absolute atomic E-state index is 12.7. The van der Waals surface area contributed by atoms with Gasteiger partial charge in [-0.1, -0.05) is 12.1 Å². The summed E-state index contributed by atoms with van der Waals surface area (Å²) in [5, 5.41) is 12.6. The van der Waals surface area contributed by atoms with Gasteiger partial charge in [-0.25, -0.2) is 0 Å². The number of benzene rings is 2. The van der Waals surface area contributed by atoms with Crippen LogP contribution in [-0.4, -0.2) is 5.11 Å². The summed E-state index contributed by atoms with van der Waals surface area (Å²) >= 11 is 0. The number of hydrogen-bond donors (Lipinski definition) is 2. The van der Waals surface area contributed by atoms with E-state index < -0.39 is 11.7 Å². The molecule has 1 unspecified atom stereocenters. The number of phenols is 1. The predicted molar refractivity (Wildman–Crippen MR) is 76.3 cm³/mol. The lowest BCUT2D eigenvalue weighted by atomic mass is 10.0. The molecule has 2 rings (SSSR count). The summed E-state index contributed by atoms with van der Waals surface area (Å²) in [6.45, 7) is 3.55. The quantitative estimate of drug-likeness (QED) is 0.790. The average molecular weight is 295 g/mol. The maximum atomic E-state index is 12.7. The van der Waals surface area contributed by atoms with Gasteiger partial charge in [0.2, 0.25) is 0 Å². The summed E-state index contributed by atoms with van der Waals surface area (Å²) < 4.78 is 38.1. The first kappa shape index (κ1) is 15.2. The highest BCUT2D eigenvalue weighted by Crippen LogP contribution is 2.31. The van der Waals surface area contributed by atoms with Crippen LogP contribution in [0, 0.1) is 6.92 Å². The van der Waals surface area contributed by atoms with E-state index in [-0.39, 0.29) is 11.8 Å². The van der Waals surface area contributed by atoms with Crippen molar-refractivity contribution >= 4 is 5.69 Å². The van der Waals surface area contributed by atoms with Crippen molar-refractivity contribution in [1.29, 1.82) is 0 Å². The van der Waals surface area contributed by atoms with Gasteiger partial charge in [0.15, 0.2) is 0 Å². The van der Waals surface area contributed by atoms with Crippen LogP contribution in [0.3, 0.4) is 0 Å². The number of rotatable bonds is 3. The van der Waals surface area contributed by atoms with Crippen LogP contribution in [0.5, 0.6) is 5.75 Å². The van der Waals surface area contributed by atoms with Crippen LogP contribution in [-0.2, 0) is 6.18 Å². The first-order chi connectivity index (χ1) is 9.77. The molecule has 0 aliphatic rings. The Balaban J connectivity index is 2.20. The molecule has 0 bridgehead atoms. The maximum Gasteiger partial charge on any atom is 0.416 e. The standard InChI is InChI=1S/C16H16F3NO/c1-10-8-14(6-7-15(10)21)20-11(2)12-4-3-5-13(9-12)16(17,18)19/h3-9,11,20-21H,1-2H3. The molecule has 2 aromatic carbocycles. The van der Waals surface area contributed by atoms with Crippen molar-refractivity contribution in [3.05, 3.63) is 59.2 Å². The van der Waals surface area contributed by atoms with Crippen LogP contribution in [0.4, 0.5) is 18.9 Å². The van der Waals surface area contributed by atoms with Crippen molar-refractivity contribution in [3.63, 3.8) is 0 Å². The molecule has 0 aliphatic carbocycles. The minimum Gasteiger partial charge on any atom is -0.508 e. The molecule has 1 atom stereocenters. The molecule has 0 aliphatic heterocycles. The Bertz CT molecular complexity index is 638. The predicted octanol–water partition coefficient (Wildman–Crippen LogP) is 4.89. The smallest absolute Gasteiger partial charge is 0.416 e. The van der Waals surface area contributed by atoms with Crippen molar-refractivity contribution < 1.29 is 18.3 Å². The zero-order valence-electron chi connectivity index (χ0n) is 11.7. The van der Waals surface area contributed by atoms with Gasteiger partial charge in [-0.3, -0.25) is 0 Å². The molecule has 0 radical (unpaired) electrons. The van der Waals surface area contributed by atoms with Crippen LogP contribution >= 0.6 is 0 Å². The zero-order valence-corrected chi connectivity index (χ0v) is 11.7. The lowest BCUT2D eigenvalue weighted by molar-refractivity contribution is -0.137. The van der Waals surface area contributed by atoms with Crippen molar-refractivity contribution in [2.24, 2.45) is 0 Å². The fourth-order valence-electron chi connectivity index (χ4n) is 2.06. The molecule has 2 aromatic rings. The van der Waals surface area contributed by atoms with Crippen LogP contribution < -0.4 is 5.32 Å². The monoisotopic (exact) mass is 295 g/mol. The van der Waals surface area contributed by atoms with Gasteiger partial charge in [-0.15, -0.1) is 0 Å². The molecule has 2 N–H and O–H groups in total. The number of halogens is 3. The molecule has 0 heterocycles. The van der Waals surface area contributed by atoms with Crippen LogP contribution in [0.15, 0.2) is 42.5 Å². The Hall–Kier alpha value is -2.17. The van der Waals surface area contributed by atoms with E-state index in [4.69, 9.17) is 0 Å². The van der Waals surface area contributed by atoms with E-state index in [9.17, 15) is 18.3 Å². The highest BCUT2D eigenvalue weighted by molar-refractivity contribution is 5.51. The van der Waals surface area contributed by atoms with E-state index in [1.807, 2.05) is 0 Å². The molecule has 0 saturated carbocycles. The lowest BCUT2D eigenvalue weighted by Crippen LogP contribution is -2.10. The summed E-state index contributed by atoms with van der Waals surface area (Å²) in [7, 11) is 0. The molecule has 0 amide bonds. The van der Waals surface area contributed by atoms with E-state index in [1.165, 1.54) is 6.07 Å². The Morgan fingerprint density at radius 1 is 1.10 bits per heavy atom. The van der Waals surface area contributed by atoms with Crippen LogP contribution in [0.25, 0.3) is 0 Å².